The van der Waals surface area contributed by atoms with Crippen LogP contribution in [0.2, 0.25) is 0 Å². The Morgan fingerprint density at radius 3 is 3.00 bits per heavy atom. The van der Waals surface area contributed by atoms with E-state index in [-0.39, 0.29) is 12.1 Å². The summed E-state index contributed by atoms with van der Waals surface area (Å²) in [7, 11) is 0. The minimum atomic E-state index is -0.0236. The first-order valence-electron chi connectivity index (χ1n) is 7.96. The Labute approximate surface area is 132 Å². The molecule has 1 aromatic carbocycles. The quantitative estimate of drug-likeness (QED) is 0.930. The zero-order chi connectivity index (χ0) is 15.9. The minimum absolute atomic E-state index is 0.0236. The molecule has 1 aliphatic heterocycles. The fourth-order valence-electron chi connectivity index (χ4n) is 2.61. The van der Waals surface area contributed by atoms with Gasteiger partial charge in [0.05, 0.1) is 13.2 Å². The molecule has 1 saturated heterocycles. The van der Waals surface area contributed by atoms with Crippen molar-refractivity contribution in [1.29, 1.82) is 0 Å². The van der Waals surface area contributed by atoms with Crippen molar-refractivity contribution in [2.24, 2.45) is 0 Å². The summed E-state index contributed by atoms with van der Waals surface area (Å²) < 4.78 is 11.0. The summed E-state index contributed by atoms with van der Waals surface area (Å²) in [5.41, 5.74) is 2.16. The lowest BCUT2D eigenvalue weighted by molar-refractivity contribution is 0.142. The Kier molecular flexibility index (Phi) is 6.07. The van der Waals surface area contributed by atoms with Crippen LogP contribution in [-0.4, -0.2) is 43.3 Å². The average molecular weight is 306 g/mol. The average Bonchev–Trinajstić information content (AvgIpc) is 2.72. The SMILES string of the molecule is CCOc1ccc(CNC(=O)N2CCOCCC2C)cc1C. The first kappa shape index (κ1) is 16.6. The monoisotopic (exact) mass is 306 g/mol. The Bertz CT molecular complexity index is 505. The van der Waals surface area contributed by atoms with Crippen molar-refractivity contribution in [1.82, 2.24) is 10.2 Å². The van der Waals surface area contributed by atoms with Crippen molar-refractivity contribution >= 4 is 6.03 Å². The number of benzene rings is 1. The van der Waals surface area contributed by atoms with Crippen molar-refractivity contribution in [3.8, 4) is 5.75 Å². The lowest BCUT2D eigenvalue weighted by Crippen LogP contribution is -2.45. The highest BCUT2D eigenvalue weighted by molar-refractivity contribution is 5.74. The fraction of sp³-hybridized carbons (Fsp3) is 0.588. The summed E-state index contributed by atoms with van der Waals surface area (Å²) >= 11 is 0. The van der Waals surface area contributed by atoms with Gasteiger partial charge in [-0.25, -0.2) is 4.79 Å². The molecule has 1 atom stereocenters. The minimum Gasteiger partial charge on any atom is -0.494 e. The first-order valence-corrected chi connectivity index (χ1v) is 7.96. The maximum absolute atomic E-state index is 12.3. The Balaban J connectivity index is 1.91. The molecule has 0 bridgehead atoms. The number of nitrogens with one attached hydrogen (secondary N) is 1. The van der Waals surface area contributed by atoms with E-state index in [4.69, 9.17) is 9.47 Å². The van der Waals surface area contributed by atoms with Crippen molar-refractivity contribution in [2.45, 2.75) is 39.8 Å². The van der Waals surface area contributed by atoms with E-state index in [1.165, 1.54) is 0 Å². The van der Waals surface area contributed by atoms with Crippen LogP contribution in [0.3, 0.4) is 0 Å². The van der Waals surface area contributed by atoms with Gasteiger partial charge in [-0.1, -0.05) is 12.1 Å². The number of hydrogen-bond donors (Lipinski definition) is 1. The molecule has 0 aromatic heterocycles. The highest BCUT2D eigenvalue weighted by Crippen LogP contribution is 2.19. The second-order valence-corrected chi connectivity index (χ2v) is 5.64. The molecule has 5 heteroatoms. The molecule has 1 fully saturated rings. The van der Waals surface area contributed by atoms with Crippen LogP contribution in [0.25, 0.3) is 0 Å². The largest absolute Gasteiger partial charge is 0.494 e. The van der Waals surface area contributed by atoms with Crippen LogP contribution in [0.5, 0.6) is 5.75 Å². The summed E-state index contributed by atoms with van der Waals surface area (Å²) in [4.78, 5) is 14.2. The van der Waals surface area contributed by atoms with Crippen LogP contribution in [0.15, 0.2) is 18.2 Å². The molecular formula is C17H26N2O3. The summed E-state index contributed by atoms with van der Waals surface area (Å²) in [5.74, 6) is 0.899. The van der Waals surface area contributed by atoms with Gasteiger partial charge in [0.2, 0.25) is 0 Å². The van der Waals surface area contributed by atoms with Gasteiger partial charge in [-0.05, 0) is 44.4 Å². The molecule has 2 rings (SSSR count). The van der Waals surface area contributed by atoms with E-state index in [1.807, 2.05) is 30.9 Å². The van der Waals surface area contributed by atoms with Crippen LogP contribution in [0.1, 0.15) is 31.4 Å². The maximum Gasteiger partial charge on any atom is 0.317 e. The molecule has 2 amide bonds. The molecule has 0 radical (unpaired) electrons. The van der Waals surface area contributed by atoms with Crippen molar-refractivity contribution < 1.29 is 14.3 Å². The highest BCUT2D eigenvalue weighted by atomic mass is 16.5. The second kappa shape index (κ2) is 8.03. The molecule has 1 aromatic rings. The fourth-order valence-corrected chi connectivity index (χ4v) is 2.61. The third-order valence-electron chi connectivity index (χ3n) is 3.93. The molecule has 1 unspecified atom stereocenters. The second-order valence-electron chi connectivity index (χ2n) is 5.64. The molecule has 122 valence electrons. The number of hydrogen-bond acceptors (Lipinski definition) is 3. The van der Waals surface area contributed by atoms with Gasteiger partial charge in [-0.15, -0.1) is 0 Å². The van der Waals surface area contributed by atoms with Crippen molar-refractivity contribution in [3.05, 3.63) is 29.3 Å². The number of ether oxygens (including phenoxy) is 2. The summed E-state index contributed by atoms with van der Waals surface area (Å²) in [6, 6.07) is 6.20. The van der Waals surface area contributed by atoms with Gasteiger partial charge in [0.1, 0.15) is 5.75 Å². The third-order valence-corrected chi connectivity index (χ3v) is 3.93. The summed E-state index contributed by atoms with van der Waals surface area (Å²) in [6.45, 7) is 9.22. The van der Waals surface area contributed by atoms with Gasteiger partial charge in [-0.3, -0.25) is 0 Å². The van der Waals surface area contributed by atoms with Crippen LogP contribution in [-0.2, 0) is 11.3 Å². The van der Waals surface area contributed by atoms with Gasteiger partial charge in [0, 0.05) is 25.7 Å². The normalized spacial score (nSPS) is 18.7. The van der Waals surface area contributed by atoms with Crippen LogP contribution in [0, 0.1) is 6.92 Å². The topological polar surface area (TPSA) is 50.8 Å². The molecule has 1 aliphatic rings. The number of amides is 2. The number of aryl methyl sites for hydroxylation is 1. The van der Waals surface area contributed by atoms with Gasteiger partial charge in [-0.2, -0.15) is 0 Å². The third kappa shape index (κ3) is 4.37. The lowest BCUT2D eigenvalue weighted by atomic mass is 10.1. The molecule has 0 aliphatic carbocycles. The predicted molar refractivity (Wildman–Crippen MR) is 86.2 cm³/mol. The number of urea groups is 1. The van der Waals surface area contributed by atoms with Gasteiger partial charge >= 0.3 is 6.03 Å². The number of carbonyl (C=O) groups excluding carboxylic acids is 1. The van der Waals surface area contributed by atoms with Gasteiger partial charge in [0.25, 0.3) is 0 Å². The molecule has 1 heterocycles. The maximum atomic E-state index is 12.3. The summed E-state index contributed by atoms with van der Waals surface area (Å²) in [5, 5.41) is 3.00. The highest BCUT2D eigenvalue weighted by Gasteiger charge is 2.21. The Morgan fingerprint density at radius 2 is 2.27 bits per heavy atom. The molecule has 22 heavy (non-hydrogen) atoms. The lowest BCUT2D eigenvalue weighted by Gasteiger charge is -2.26. The number of carbonyl (C=O) groups is 1. The molecule has 0 saturated carbocycles. The smallest absolute Gasteiger partial charge is 0.317 e. The first-order chi connectivity index (χ1) is 10.6. The number of nitrogens with zero attached hydrogens (tertiary/aromatic N) is 1. The van der Waals surface area contributed by atoms with E-state index in [0.717, 1.165) is 29.9 Å². The van der Waals surface area contributed by atoms with E-state index < -0.39 is 0 Å². The standard InChI is InChI=1S/C17H26N2O3/c1-4-22-16-6-5-15(11-13(16)2)12-18-17(20)19-8-10-21-9-7-14(19)3/h5-6,11,14H,4,7-10,12H2,1-3H3,(H,18,20). The Hall–Kier alpha value is -1.75. The molecule has 0 spiro atoms. The Morgan fingerprint density at radius 1 is 1.45 bits per heavy atom. The van der Waals surface area contributed by atoms with E-state index in [0.29, 0.717) is 26.3 Å². The van der Waals surface area contributed by atoms with Crippen molar-refractivity contribution in [3.63, 3.8) is 0 Å². The van der Waals surface area contributed by atoms with E-state index >= 15 is 0 Å². The number of rotatable bonds is 4. The van der Waals surface area contributed by atoms with Gasteiger partial charge < -0.3 is 19.7 Å². The van der Waals surface area contributed by atoms with Crippen LogP contribution < -0.4 is 10.1 Å². The van der Waals surface area contributed by atoms with Crippen LogP contribution in [0.4, 0.5) is 4.79 Å². The van der Waals surface area contributed by atoms with Gasteiger partial charge in [0.15, 0.2) is 0 Å². The molecule has 5 nitrogen and oxygen atoms in total. The zero-order valence-corrected chi connectivity index (χ0v) is 13.7. The van der Waals surface area contributed by atoms with E-state index in [9.17, 15) is 4.79 Å². The predicted octanol–water partition coefficient (Wildman–Crippen LogP) is 2.71. The van der Waals surface area contributed by atoms with E-state index in [1.54, 1.807) is 0 Å². The van der Waals surface area contributed by atoms with E-state index in [2.05, 4.69) is 18.3 Å². The van der Waals surface area contributed by atoms with Crippen molar-refractivity contribution in [2.75, 3.05) is 26.4 Å². The molecular weight excluding hydrogens is 280 g/mol. The zero-order valence-electron chi connectivity index (χ0n) is 13.7. The molecule has 1 N–H and O–H groups in total. The van der Waals surface area contributed by atoms with Crippen LogP contribution >= 0.6 is 0 Å². The summed E-state index contributed by atoms with van der Waals surface area (Å²) in [6.07, 6.45) is 0.885.